The zero-order chi connectivity index (χ0) is 50.0. The van der Waals surface area contributed by atoms with Gasteiger partial charge in [-0.2, -0.15) is 0 Å². The van der Waals surface area contributed by atoms with Crippen LogP contribution in [-0.2, 0) is 35.8 Å². The van der Waals surface area contributed by atoms with Crippen LogP contribution in [0, 0.1) is 6.92 Å². The number of amides is 3. The van der Waals surface area contributed by atoms with Crippen molar-refractivity contribution >= 4 is 29.8 Å². The predicted molar refractivity (Wildman–Crippen MR) is 275 cm³/mol. The molecule has 364 valence electrons. The number of nitrogens with zero attached hydrogens (tertiary/aromatic N) is 3. The SMILES string of the molecule is COC(=O)[C@H](Cc1cn(C(c2ccccc2)(c2ccccc2)c2ccccc2)cn1)NC(=O)[C@H](CCCCNC(=O)OCC1c2ccccc2-c2ccccc21)N(C(=O)OC(C)(C)C)c1ccc(C)cc1. The lowest BCUT2D eigenvalue weighted by Crippen LogP contribution is -2.55. The van der Waals surface area contributed by atoms with Crippen LogP contribution in [0.5, 0.6) is 0 Å². The van der Waals surface area contributed by atoms with E-state index in [2.05, 4.69) is 71.3 Å². The zero-order valence-electron chi connectivity index (χ0n) is 40.9. The zero-order valence-corrected chi connectivity index (χ0v) is 40.9. The Morgan fingerprint density at radius 1 is 0.704 bits per heavy atom. The number of carbonyl (C=O) groups is 4. The van der Waals surface area contributed by atoms with Gasteiger partial charge in [-0.1, -0.05) is 157 Å². The average molecular weight is 952 g/mol. The van der Waals surface area contributed by atoms with E-state index in [0.717, 1.165) is 44.5 Å². The number of aromatic nitrogens is 2. The minimum absolute atomic E-state index is 0.0202. The number of methoxy groups -OCH3 is 1. The number of aryl methyl sites for hydroxylation is 1. The summed E-state index contributed by atoms with van der Waals surface area (Å²) in [4.78, 5) is 62.2. The highest BCUT2D eigenvalue weighted by atomic mass is 16.6. The maximum Gasteiger partial charge on any atom is 0.415 e. The molecule has 1 aromatic heterocycles. The Kier molecular flexibility index (Phi) is 15.4. The summed E-state index contributed by atoms with van der Waals surface area (Å²) in [5, 5.41) is 5.82. The third-order valence-corrected chi connectivity index (χ3v) is 12.8. The molecule has 0 spiro atoms. The second-order valence-corrected chi connectivity index (χ2v) is 18.8. The van der Waals surface area contributed by atoms with Crippen molar-refractivity contribution in [3.63, 3.8) is 0 Å². The van der Waals surface area contributed by atoms with E-state index in [1.54, 1.807) is 39.2 Å². The maximum absolute atomic E-state index is 14.9. The van der Waals surface area contributed by atoms with Gasteiger partial charge in [0.05, 0.1) is 19.1 Å². The number of rotatable bonds is 18. The van der Waals surface area contributed by atoms with Crippen LogP contribution in [0.15, 0.2) is 176 Å². The summed E-state index contributed by atoms with van der Waals surface area (Å²) in [7, 11) is 1.27. The second-order valence-electron chi connectivity index (χ2n) is 18.8. The molecule has 0 radical (unpaired) electrons. The van der Waals surface area contributed by atoms with Crippen LogP contribution >= 0.6 is 0 Å². The van der Waals surface area contributed by atoms with Gasteiger partial charge in [0.2, 0.25) is 5.91 Å². The molecule has 1 aliphatic rings. The van der Waals surface area contributed by atoms with Crippen LogP contribution < -0.4 is 15.5 Å². The summed E-state index contributed by atoms with van der Waals surface area (Å²) in [6.45, 7) is 7.65. The molecule has 0 saturated carbocycles. The van der Waals surface area contributed by atoms with E-state index in [0.29, 0.717) is 24.2 Å². The fourth-order valence-electron chi connectivity index (χ4n) is 9.56. The third-order valence-electron chi connectivity index (χ3n) is 12.8. The lowest BCUT2D eigenvalue weighted by atomic mass is 9.77. The summed E-state index contributed by atoms with van der Waals surface area (Å²) in [6, 6.07) is 51.7. The first-order valence-electron chi connectivity index (χ1n) is 24.1. The van der Waals surface area contributed by atoms with Crippen LogP contribution in [0.4, 0.5) is 15.3 Å². The summed E-state index contributed by atoms with van der Waals surface area (Å²) >= 11 is 0. The van der Waals surface area contributed by atoms with E-state index in [-0.39, 0.29) is 31.9 Å². The Morgan fingerprint density at radius 3 is 1.77 bits per heavy atom. The molecule has 1 heterocycles. The number of hydrogen-bond donors (Lipinski definition) is 2. The molecule has 8 rings (SSSR count). The molecule has 1 aliphatic carbocycles. The Bertz CT molecular complexity index is 2770. The highest BCUT2D eigenvalue weighted by molar-refractivity contribution is 5.99. The Hall–Kier alpha value is -7.99. The standard InChI is InChI=1S/C59H61N5O7/c1-41-32-34-46(35-33-41)64(57(68)71-58(2,3)4)53(31-19-20-36-60-56(67)70-39-51-49-29-17-15-27-47(49)48-28-16-18-30-50(48)51)54(65)62-52(55(66)69-5)37-45-38-63(40-61-45)59(42-21-9-6-10-22-42,43-23-11-7-12-24-43)44-25-13-8-14-26-44/h6-18,21-30,32-35,38,40,51-53H,19-20,31,36-37,39H2,1-5H3,(H,60,67)(H,62,65)/t52-,53-/m0/s1. The lowest BCUT2D eigenvalue weighted by Gasteiger charge is -2.37. The predicted octanol–water partition coefficient (Wildman–Crippen LogP) is 10.8. The van der Waals surface area contributed by atoms with Crippen LogP contribution in [0.1, 0.15) is 85.0 Å². The number of esters is 1. The lowest BCUT2D eigenvalue weighted by molar-refractivity contribution is -0.145. The minimum atomic E-state index is -1.19. The van der Waals surface area contributed by atoms with Crippen LogP contribution in [0.25, 0.3) is 11.1 Å². The van der Waals surface area contributed by atoms with Gasteiger partial charge in [-0.15, -0.1) is 0 Å². The summed E-state index contributed by atoms with van der Waals surface area (Å²) in [6.07, 6.45) is 3.36. The van der Waals surface area contributed by atoms with E-state index < -0.39 is 47.3 Å². The molecule has 2 N–H and O–H groups in total. The van der Waals surface area contributed by atoms with Crippen molar-refractivity contribution in [2.45, 2.75) is 82.5 Å². The summed E-state index contributed by atoms with van der Waals surface area (Å²) < 4.78 is 19.0. The quantitative estimate of drug-likeness (QED) is 0.0375. The van der Waals surface area contributed by atoms with Crippen LogP contribution in [-0.4, -0.2) is 71.6 Å². The minimum Gasteiger partial charge on any atom is -0.467 e. The van der Waals surface area contributed by atoms with Gasteiger partial charge in [-0.05, 0) is 98.0 Å². The van der Waals surface area contributed by atoms with Crippen molar-refractivity contribution in [2.75, 3.05) is 25.2 Å². The molecule has 0 bridgehead atoms. The highest BCUT2D eigenvalue weighted by Gasteiger charge is 2.40. The third kappa shape index (κ3) is 11.2. The number of carbonyl (C=O) groups excluding carboxylic acids is 4. The van der Waals surface area contributed by atoms with Gasteiger partial charge < -0.3 is 29.4 Å². The molecule has 71 heavy (non-hydrogen) atoms. The number of unbranched alkanes of at least 4 members (excludes halogenated alkanes) is 1. The van der Waals surface area contributed by atoms with Gasteiger partial charge in [0.1, 0.15) is 29.8 Å². The van der Waals surface area contributed by atoms with E-state index in [9.17, 15) is 19.2 Å². The number of alkyl carbamates (subject to hydrolysis) is 1. The van der Waals surface area contributed by atoms with Crippen molar-refractivity contribution < 1.29 is 33.4 Å². The molecule has 3 amide bonds. The Morgan fingerprint density at radius 2 is 1.24 bits per heavy atom. The van der Waals surface area contributed by atoms with Crippen LogP contribution in [0.3, 0.4) is 0 Å². The molecule has 0 unspecified atom stereocenters. The molecule has 2 atom stereocenters. The number of benzene rings is 6. The van der Waals surface area contributed by atoms with Crippen molar-refractivity contribution in [2.24, 2.45) is 0 Å². The van der Waals surface area contributed by atoms with E-state index in [4.69, 9.17) is 19.2 Å². The van der Waals surface area contributed by atoms with E-state index >= 15 is 0 Å². The van der Waals surface area contributed by atoms with E-state index in [1.165, 1.54) is 12.0 Å². The molecule has 12 heteroatoms. The number of anilines is 1. The fraction of sp³-hybridized carbons (Fsp3) is 0.271. The molecule has 0 fully saturated rings. The molecule has 7 aromatic rings. The van der Waals surface area contributed by atoms with Gasteiger partial charge in [-0.25, -0.2) is 19.4 Å². The van der Waals surface area contributed by atoms with Crippen molar-refractivity contribution in [3.8, 4) is 11.1 Å². The van der Waals surface area contributed by atoms with Gasteiger partial charge in [0, 0.05) is 30.8 Å². The first kappa shape index (κ1) is 49.4. The number of imidazole rings is 1. The number of ether oxygens (including phenoxy) is 3. The van der Waals surface area contributed by atoms with Crippen LogP contribution in [0.2, 0.25) is 0 Å². The van der Waals surface area contributed by atoms with Gasteiger partial charge in [0.15, 0.2) is 0 Å². The van der Waals surface area contributed by atoms with Crippen molar-refractivity contribution in [3.05, 3.63) is 215 Å². The first-order valence-corrected chi connectivity index (χ1v) is 24.1. The maximum atomic E-state index is 14.9. The van der Waals surface area contributed by atoms with E-state index in [1.807, 2.05) is 109 Å². The second kappa shape index (κ2) is 22.2. The average Bonchev–Trinajstić information content (AvgIpc) is 3.98. The molecule has 0 saturated heterocycles. The summed E-state index contributed by atoms with van der Waals surface area (Å²) in [5.41, 5.74) is 7.67. The largest absolute Gasteiger partial charge is 0.467 e. The normalized spacial score (nSPS) is 13.0. The highest BCUT2D eigenvalue weighted by Crippen LogP contribution is 2.45. The fourth-order valence-corrected chi connectivity index (χ4v) is 9.56. The topological polar surface area (TPSA) is 141 Å². The van der Waals surface area contributed by atoms with Crippen molar-refractivity contribution in [1.82, 2.24) is 20.2 Å². The monoisotopic (exact) mass is 951 g/mol. The smallest absolute Gasteiger partial charge is 0.415 e. The Labute approximate surface area is 416 Å². The molecule has 12 nitrogen and oxygen atoms in total. The number of nitrogens with one attached hydrogen (secondary N) is 2. The molecular weight excluding hydrogens is 891 g/mol. The number of hydrogen-bond acceptors (Lipinski definition) is 8. The summed E-state index contributed by atoms with van der Waals surface area (Å²) in [5.74, 6) is -1.36. The van der Waals surface area contributed by atoms with Gasteiger partial charge >= 0.3 is 18.2 Å². The van der Waals surface area contributed by atoms with Crippen molar-refractivity contribution in [1.29, 1.82) is 0 Å². The Balaban J connectivity index is 1.02. The van der Waals surface area contributed by atoms with Gasteiger partial charge in [-0.3, -0.25) is 9.69 Å². The molecule has 6 aromatic carbocycles. The first-order chi connectivity index (χ1) is 34.4. The number of fused-ring (bicyclic) bond motifs is 3. The van der Waals surface area contributed by atoms with Gasteiger partial charge in [0.25, 0.3) is 0 Å². The molecule has 0 aliphatic heterocycles. The molecular formula is C59H61N5O7.